The average molecular weight is 572 g/mol. The van der Waals surface area contributed by atoms with Crippen LogP contribution in [0.15, 0.2) is 81.1 Å². The SMILES string of the molecule is CCCN1C(=O)/C(=C/c2cc(OC)c(OCc3ccccc3)cc2Br)SC1=Nc1ccc(Cl)cc1. The van der Waals surface area contributed by atoms with Crippen molar-refractivity contribution < 1.29 is 14.3 Å². The molecular weight excluding hydrogens is 548 g/mol. The van der Waals surface area contributed by atoms with Gasteiger partial charge in [-0.15, -0.1) is 0 Å². The van der Waals surface area contributed by atoms with Crippen LogP contribution in [0.5, 0.6) is 11.5 Å². The predicted molar refractivity (Wildman–Crippen MR) is 148 cm³/mol. The van der Waals surface area contributed by atoms with Gasteiger partial charge in [-0.25, -0.2) is 4.99 Å². The minimum Gasteiger partial charge on any atom is -0.493 e. The Hall–Kier alpha value is -2.74. The van der Waals surface area contributed by atoms with Gasteiger partial charge >= 0.3 is 0 Å². The molecule has 0 aromatic heterocycles. The normalized spacial score (nSPS) is 15.8. The van der Waals surface area contributed by atoms with Crippen molar-refractivity contribution >= 4 is 62.1 Å². The van der Waals surface area contributed by atoms with E-state index in [1.165, 1.54) is 11.8 Å². The molecule has 1 amide bonds. The average Bonchev–Trinajstić information content (AvgIpc) is 3.15. The number of amidine groups is 1. The van der Waals surface area contributed by atoms with E-state index in [0.717, 1.165) is 27.7 Å². The summed E-state index contributed by atoms with van der Waals surface area (Å²) in [6.07, 6.45) is 2.68. The van der Waals surface area contributed by atoms with Gasteiger partial charge in [0, 0.05) is 16.0 Å². The number of hydrogen-bond acceptors (Lipinski definition) is 5. The van der Waals surface area contributed by atoms with Gasteiger partial charge in [0.05, 0.1) is 17.7 Å². The van der Waals surface area contributed by atoms with E-state index < -0.39 is 0 Å². The molecule has 0 N–H and O–H groups in total. The standard InChI is InChI=1S/C27H24BrClN2O3S/c1-3-13-31-26(32)25(35-27(31)30-21-11-9-20(29)10-12-21)15-19-14-23(33-2)24(16-22(19)28)34-17-18-7-5-4-6-8-18/h4-12,14-16H,3,13,17H2,1-2H3/b25-15-,30-27?. The van der Waals surface area contributed by atoms with Crippen molar-refractivity contribution in [3.8, 4) is 11.5 Å². The Morgan fingerprint density at radius 1 is 1.09 bits per heavy atom. The Labute approximate surface area is 222 Å². The van der Waals surface area contributed by atoms with E-state index in [0.29, 0.717) is 39.7 Å². The third-order valence-corrected chi connectivity index (χ3v) is 7.14. The number of aliphatic imine (C=N–C) groups is 1. The quantitative estimate of drug-likeness (QED) is 0.260. The van der Waals surface area contributed by atoms with Gasteiger partial charge < -0.3 is 9.47 Å². The summed E-state index contributed by atoms with van der Waals surface area (Å²) in [5.41, 5.74) is 2.62. The molecule has 0 unspecified atom stereocenters. The molecular formula is C27H24BrClN2O3S. The summed E-state index contributed by atoms with van der Waals surface area (Å²) >= 11 is 11.0. The van der Waals surface area contributed by atoms with Crippen molar-refractivity contribution in [1.29, 1.82) is 0 Å². The van der Waals surface area contributed by atoms with Gasteiger partial charge in [-0.3, -0.25) is 9.69 Å². The second kappa shape index (κ2) is 11.8. The maximum Gasteiger partial charge on any atom is 0.266 e. The molecule has 35 heavy (non-hydrogen) atoms. The highest BCUT2D eigenvalue weighted by molar-refractivity contribution is 9.10. The van der Waals surface area contributed by atoms with Crippen molar-refractivity contribution in [2.45, 2.75) is 20.0 Å². The highest BCUT2D eigenvalue weighted by atomic mass is 79.9. The smallest absolute Gasteiger partial charge is 0.266 e. The number of hydrogen-bond donors (Lipinski definition) is 0. The zero-order chi connectivity index (χ0) is 24.8. The van der Waals surface area contributed by atoms with E-state index in [9.17, 15) is 4.79 Å². The van der Waals surface area contributed by atoms with Crippen LogP contribution in [0.4, 0.5) is 5.69 Å². The number of nitrogens with zero attached hydrogens (tertiary/aromatic N) is 2. The molecule has 0 saturated carbocycles. The third kappa shape index (κ3) is 6.28. The number of rotatable bonds is 8. The molecule has 0 aliphatic carbocycles. The fourth-order valence-electron chi connectivity index (χ4n) is 3.45. The molecule has 0 bridgehead atoms. The number of carbonyl (C=O) groups is 1. The number of methoxy groups -OCH3 is 1. The van der Waals surface area contributed by atoms with Crippen molar-refractivity contribution in [3.63, 3.8) is 0 Å². The summed E-state index contributed by atoms with van der Waals surface area (Å²) in [5, 5.41) is 1.29. The molecule has 4 rings (SSSR count). The number of thioether (sulfide) groups is 1. The van der Waals surface area contributed by atoms with Crippen molar-refractivity contribution in [1.82, 2.24) is 4.90 Å². The van der Waals surface area contributed by atoms with E-state index in [2.05, 4.69) is 15.9 Å². The van der Waals surface area contributed by atoms with Gasteiger partial charge in [0.15, 0.2) is 16.7 Å². The van der Waals surface area contributed by atoms with Gasteiger partial charge in [0.1, 0.15) is 6.61 Å². The lowest BCUT2D eigenvalue weighted by molar-refractivity contribution is -0.122. The monoisotopic (exact) mass is 570 g/mol. The largest absolute Gasteiger partial charge is 0.493 e. The lowest BCUT2D eigenvalue weighted by atomic mass is 10.1. The fourth-order valence-corrected chi connectivity index (χ4v) is 5.03. The molecule has 1 aliphatic heterocycles. The first-order chi connectivity index (χ1) is 17.0. The molecule has 1 fully saturated rings. The van der Waals surface area contributed by atoms with Gasteiger partial charge in [-0.1, -0.05) is 64.8 Å². The van der Waals surface area contributed by atoms with Gasteiger partial charge in [-0.2, -0.15) is 0 Å². The molecule has 1 aliphatic rings. The summed E-state index contributed by atoms with van der Waals surface area (Å²) in [6, 6.07) is 20.9. The molecule has 3 aromatic carbocycles. The number of ether oxygens (including phenoxy) is 2. The molecule has 8 heteroatoms. The second-order valence-electron chi connectivity index (χ2n) is 7.74. The minimum atomic E-state index is -0.0696. The molecule has 1 heterocycles. The van der Waals surface area contributed by atoms with Crippen LogP contribution >= 0.6 is 39.3 Å². The number of amides is 1. The van der Waals surface area contributed by atoms with E-state index in [-0.39, 0.29) is 5.91 Å². The third-order valence-electron chi connectivity index (χ3n) is 5.19. The van der Waals surface area contributed by atoms with Crippen LogP contribution < -0.4 is 9.47 Å². The molecule has 0 spiro atoms. The van der Waals surface area contributed by atoms with E-state index >= 15 is 0 Å². The maximum absolute atomic E-state index is 13.2. The Morgan fingerprint density at radius 3 is 2.51 bits per heavy atom. The van der Waals surface area contributed by atoms with Gasteiger partial charge in [0.25, 0.3) is 5.91 Å². The van der Waals surface area contributed by atoms with Gasteiger partial charge in [-0.05, 0) is 71.8 Å². The Bertz CT molecular complexity index is 1260. The predicted octanol–water partition coefficient (Wildman–Crippen LogP) is 7.70. The first kappa shape index (κ1) is 25.4. The summed E-state index contributed by atoms with van der Waals surface area (Å²) in [6.45, 7) is 3.05. The van der Waals surface area contributed by atoms with Crippen LogP contribution in [0.1, 0.15) is 24.5 Å². The summed E-state index contributed by atoms with van der Waals surface area (Å²) in [5.74, 6) is 1.14. The van der Waals surface area contributed by atoms with Crippen LogP contribution in [-0.2, 0) is 11.4 Å². The minimum absolute atomic E-state index is 0.0696. The van der Waals surface area contributed by atoms with E-state index in [1.807, 2.05) is 67.6 Å². The van der Waals surface area contributed by atoms with Crippen LogP contribution in [0.3, 0.4) is 0 Å². The van der Waals surface area contributed by atoms with Crippen molar-refractivity contribution in [2.75, 3.05) is 13.7 Å². The van der Waals surface area contributed by atoms with Crippen molar-refractivity contribution in [2.24, 2.45) is 4.99 Å². The molecule has 3 aromatic rings. The molecule has 1 saturated heterocycles. The second-order valence-corrected chi connectivity index (χ2v) is 10.0. The Balaban J connectivity index is 1.61. The van der Waals surface area contributed by atoms with E-state index in [1.54, 1.807) is 24.1 Å². The highest BCUT2D eigenvalue weighted by Gasteiger charge is 2.33. The summed E-state index contributed by atoms with van der Waals surface area (Å²) in [7, 11) is 1.60. The topological polar surface area (TPSA) is 51.1 Å². The van der Waals surface area contributed by atoms with Crippen LogP contribution in [0.25, 0.3) is 6.08 Å². The first-order valence-electron chi connectivity index (χ1n) is 11.1. The summed E-state index contributed by atoms with van der Waals surface area (Å²) in [4.78, 5) is 20.2. The molecule has 180 valence electrons. The summed E-state index contributed by atoms with van der Waals surface area (Å²) < 4.78 is 12.4. The molecule has 0 radical (unpaired) electrons. The molecule has 5 nitrogen and oxygen atoms in total. The molecule has 0 atom stereocenters. The number of halogens is 2. The lowest BCUT2D eigenvalue weighted by Crippen LogP contribution is -2.29. The fraction of sp³-hybridized carbons (Fsp3) is 0.185. The highest BCUT2D eigenvalue weighted by Crippen LogP contribution is 2.39. The van der Waals surface area contributed by atoms with E-state index in [4.69, 9.17) is 26.1 Å². The van der Waals surface area contributed by atoms with Gasteiger partial charge in [0.2, 0.25) is 0 Å². The van der Waals surface area contributed by atoms with Crippen LogP contribution in [0.2, 0.25) is 5.02 Å². The first-order valence-corrected chi connectivity index (χ1v) is 13.1. The Morgan fingerprint density at radius 2 is 1.83 bits per heavy atom. The maximum atomic E-state index is 13.2. The van der Waals surface area contributed by atoms with Crippen LogP contribution in [-0.4, -0.2) is 29.6 Å². The zero-order valence-corrected chi connectivity index (χ0v) is 22.5. The Kier molecular flexibility index (Phi) is 8.55. The lowest BCUT2D eigenvalue weighted by Gasteiger charge is -2.14. The van der Waals surface area contributed by atoms with Crippen LogP contribution in [0, 0.1) is 0 Å². The number of carbonyl (C=O) groups excluding carboxylic acids is 1. The zero-order valence-electron chi connectivity index (χ0n) is 19.3. The number of benzene rings is 3. The van der Waals surface area contributed by atoms with Crippen molar-refractivity contribution in [3.05, 3.63) is 92.3 Å².